The zero-order chi connectivity index (χ0) is 16.4. The Morgan fingerprint density at radius 1 is 1.30 bits per heavy atom. The number of hydrogen-bond donors (Lipinski definition) is 1. The number of hydrogen-bond acceptors (Lipinski definition) is 4. The van der Waals surface area contributed by atoms with E-state index < -0.39 is 0 Å². The quantitative estimate of drug-likeness (QED) is 0.921. The first kappa shape index (κ1) is 16.0. The molecule has 3 rings (SSSR count). The monoisotopic (exact) mass is 349 g/mol. The van der Waals surface area contributed by atoms with Crippen LogP contribution in [-0.2, 0) is 0 Å². The van der Waals surface area contributed by atoms with E-state index >= 15 is 0 Å². The molecule has 1 aromatic heterocycles. The second-order valence-corrected chi connectivity index (χ2v) is 6.89. The van der Waals surface area contributed by atoms with Crippen LogP contribution in [0.4, 0.5) is 5.69 Å². The summed E-state index contributed by atoms with van der Waals surface area (Å²) in [6, 6.07) is 4.91. The third kappa shape index (κ3) is 3.54. The molecule has 0 spiro atoms. The summed E-state index contributed by atoms with van der Waals surface area (Å²) < 4.78 is 0. The highest BCUT2D eigenvalue weighted by Gasteiger charge is 2.23. The van der Waals surface area contributed by atoms with E-state index in [-0.39, 0.29) is 11.8 Å². The molecule has 0 bridgehead atoms. The molecule has 0 aliphatic carbocycles. The number of carbonyl (C=O) groups is 2. The molecule has 0 radical (unpaired) electrons. The SMILES string of the molecule is Cc1nc(C(=O)Nc2ccc(Cl)cc2C(=O)N2CCCC2)cs1. The normalized spacial score (nSPS) is 14.1. The lowest BCUT2D eigenvalue weighted by Gasteiger charge is -2.18. The standard InChI is InChI=1S/C16H16ClN3O2S/c1-10-18-14(9-23-10)15(21)19-13-5-4-11(17)8-12(13)16(22)20-6-2-3-7-20/h4-5,8-9H,2-3,6-7H2,1H3,(H,19,21). The molecule has 1 aromatic carbocycles. The lowest BCUT2D eigenvalue weighted by molar-refractivity contribution is 0.0794. The number of nitrogens with one attached hydrogen (secondary N) is 1. The summed E-state index contributed by atoms with van der Waals surface area (Å²) in [5.41, 5.74) is 1.23. The zero-order valence-corrected chi connectivity index (χ0v) is 14.2. The Labute approximate surface area is 143 Å². The van der Waals surface area contributed by atoms with Crippen molar-refractivity contribution in [1.82, 2.24) is 9.88 Å². The molecule has 0 atom stereocenters. The first-order valence-corrected chi connectivity index (χ1v) is 8.62. The van der Waals surface area contributed by atoms with E-state index in [1.54, 1.807) is 28.5 Å². The molecule has 0 unspecified atom stereocenters. The van der Waals surface area contributed by atoms with Gasteiger partial charge < -0.3 is 10.2 Å². The van der Waals surface area contributed by atoms with Crippen LogP contribution in [0, 0.1) is 6.92 Å². The van der Waals surface area contributed by atoms with Crippen molar-refractivity contribution in [1.29, 1.82) is 0 Å². The summed E-state index contributed by atoms with van der Waals surface area (Å²) in [6.45, 7) is 3.32. The van der Waals surface area contributed by atoms with Crippen LogP contribution >= 0.6 is 22.9 Å². The summed E-state index contributed by atoms with van der Waals surface area (Å²) >= 11 is 7.44. The number of amides is 2. The second kappa shape index (κ2) is 6.68. The number of thiazole rings is 1. The Balaban J connectivity index is 1.86. The number of aryl methyl sites for hydroxylation is 1. The van der Waals surface area contributed by atoms with Gasteiger partial charge in [-0.25, -0.2) is 4.98 Å². The molecule has 120 valence electrons. The highest BCUT2D eigenvalue weighted by atomic mass is 35.5. The van der Waals surface area contributed by atoms with Crippen LogP contribution in [0.1, 0.15) is 38.7 Å². The molecule has 7 heteroatoms. The number of aromatic nitrogens is 1. The van der Waals surface area contributed by atoms with Crippen LogP contribution in [0.15, 0.2) is 23.6 Å². The average molecular weight is 350 g/mol. The maximum Gasteiger partial charge on any atom is 0.275 e. The van der Waals surface area contributed by atoms with Crippen molar-refractivity contribution in [2.75, 3.05) is 18.4 Å². The minimum absolute atomic E-state index is 0.102. The van der Waals surface area contributed by atoms with Crippen molar-refractivity contribution in [3.8, 4) is 0 Å². The summed E-state index contributed by atoms with van der Waals surface area (Å²) in [5.74, 6) is -0.429. The van der Waals surface area contributed by atoms with Crippen LogP contribution in [-0.4, -0.2) is 34.8 Å². The predicted molar refractivity (Wildman–Crippen MR) is 91.4 cm³/mol. The van der Waals surface area contributed by atoms with Gasteiger partial charge in [0, 0.05) is 23.5 Å². The maximum absolute atomic E-state index is 12.6. The summed E-state index contributed by atoms with van der Waals surface area (Å²) in [6.07, 6.45) is 2.01. The van der Waals surface area contributed by atoms with Gasteiger partial charge in [0.05, 0.1) is 16.3 Å². The molecule has 1 aliphatic rings. The Bertz CT molecular complexity index is 754. The molecular weight excluding hydrogens is 334 g/mol. The average Bonchev–Trinajstić information content (AvgIpc) is 3.19. The van der Waals surface area contributed by atoms with E-state index in [9.17, 15) is 9.59 Å². The molecule has 2 amide bonds. The molecule has 5 nitrogen and oxygen atoms in total. The van der Waals surface area contributed by atoms with Crippen LogP contribution in [0.5, 0.6) is 0 Å². The fourth-order valence-corrected chi connectivity index (χ4v) is 3.31. The summed E-state index contributed by atoms with van der Waals surface area (Å²) in [7, 11) is 0. The smallest absolute Gasteiger partial charge is 0.275 e. The number of likely N-dealkylation sites (tertiary alicyclic amines) is 1. The molecule has 1 N–H and O–H groups in total. The Morgan fingerprint density at radius 2 is 2.04 bits per heavy atom. The van der Waals surface area contributed by atoms with Gasteiger partial charge >= 0.3 is 0 Å². The van der Waals surface area contributed by atoms with Gasteiger partial charge in [-0.2, -0.15) is 0 Å². The zero-order valence-electron chi connectivity index (χ0n) is 12.6. The van der Waals surface area contributed by atoms with Crippen molar-refractivity contribution >= 4 is 40.4 Å². The third-order valence-corrected chi connectivity index (χ3v) is 4.71. The van der Waals surface area contributed by atoms with Crippen LogP contribution in [0.25, 0.3) is 0 Å². The lowest BCUT2D eigenvalue weighted by atomic mass is 10.1. The Kier molecular flexibility index (Phi) is 4.63. The highest BCUT2D eigenvalue weighted by Crippen LogP contribution is 2.24. The maximum atomic E-state index is 12.6. The lowest BCUT2D eigenvalue weighted by Crippen LogP contribution is -2.29. The highest BCUT2D eigenvalue weighted by molar-refractivity contribution is 7.09. The van der Waals surface area contributed by atoms with E-state index in [1.807, 2.05) is 6.92 Å². The first-order valence-electron chi connectivity index (χ1n) is 7.37. The predicted octanol–water partition coefficient (Wildman–Crippen LogP) is 3.59. The summed E-state index contributed by atoms with van der Waals surface area (Å²) in [4.78, 5) is 30.9. The van der Waals surface area contributed by atoms with Gasteiger partial charge in [0.25, 0.3) is 11.8 Å². The van der Waals surface area contributed by atoms with Crippen molar-refractivity contribution in [3.05, 3.63) is 44.9 Å². The third-order valence-electron chi connectivity index (χ3n) is 3.71. The molecule has 1 fully saturated rings. The minimum atomic E-state index is -0.327. The number of halogens is 1. The fourth-order valence-electron chi connectivity index (χ4n) is 2.55. The van der Waals surface area contributed by atoms with E-state index in [4.69, 9.17) is 11.6 Å². The number of nitrogens with zero attached hydrogens (tertiary/aromatic N) is 2. The Morgan fingerprint density at radius 3 is 2.70 bits per heavy atom. The van der Waals surface area contributed by atoms with Crippen molar-refractivity contribution < 1.29 is 9.59 Å². The topological polar surface area (TPSA) is 62.3 Å². The van der Waals surface area contributed by atoms with Gasteiger partial charge in [0.15, 0.2) is 0 Å². The molecule has 2 heterocycles. The van der Waals surface area contributed by atoms with Crippen molar-refractivity contribution in [3.63, 3.8) is 0 Å². The molecule has 23 heavy (non-hydrogen) atoms. The fraction of sp³-hybridized carbons (Fsp3) is 0.312. The molecular formula is C16H16ClN3O2S. The number of anilines is 1. The van der Waals surface area contributed by atoms with Gasteiger partial charge in [0.2, 0.25) is 0 Å². The van der Waals surface area contributed by atoms with Crippen LogP contribution in [0.2, 0.25) is 5.02 Å². The second-order valence-electron chi connectivity index (χ2n) is 5.40. The van der Waals surface area contributed by atoms with Gasteiger partial charge in [-0.1, -0.05) is 11.6 Å². The van der Waals surface area contributed by atoms with Gasteiger partial charge in [-0.15, -0.1) is 11.3 Å². The van der Waals surface area contributed by atoms with Gasteiger partial charge in [0.1, 0.15) is 5.69 Å². The van der Waals surface area contributed by atoms with Crippen LogP contribution < -0.4 is 5.32 Å². The molecule has 1 saturated heterocycles. The van der Waals surface area contributed by atoms with Crippen molar-refractivity contribution in [2.45, 2.75) is 19.8 Å². The van der Waals surface area contributed by atoms with E-state index in [0.717, 1.165) is 30.9 Å². The minimum Gasteiger partial charge on any atom is -0.339 e. The molecule has 2 aromatic rings. The number of rotatable bonds is 3. The van der Waals surface area contributed by atoms with E-state index in [0.29, 0.717) is 22.0 Å². The van der Waals surface area contributed by atoms with E-state index in [1.165, 1.54) is 11.3 Å². The number of carbonyl (C=O) groups excluding carboxylic acids is 2. The van der Waals surface area contributed by atoms with Gasteiger partial charge in [-0.05, 0) is 38.0 Å². The summed E-state index contributed by atoms with van der Waals surface area (Å²) in [5, 5.41) is 5.75. The van der Waals surface area contributed by atoms with Crippen LogP contribution in [0.3, 0.4) is 0 Å². The van der Waals surface area contributed by atoms with Gasteiger partial charge in [-0.3, -0.25) is 9.59 Å². The Hall–Kier alpha value is -1.92. The molecule has 1 aliphatic heterocycles. The largest absolute Gasteiger partial charge is 0.339 e. The van der Waals surface area contributed by atoms with E-state index in [2.05, 4.69) is 10.3 Å². The van der Waals surface area contributed by atoms with Crippen molar-refractivity contribution in [2.24, 2.45) is 0 Å². The first-order chi connectivity index (χ1) is 11.0. The number of benzene rings is 1. The molecule has 0 saturated carbocycles.